The lowest BCUT2D eigenvalue weighted by molar-refractivity contribution is -0.312. The second kappa shape index (κ2) is 6.82. The SMILES string of the molecule is CCOc1cc(/C=C2\NC(=O)NC2=O)ccc1O[C@@H](C)C(=O)[O-]. The fourth-order valence-corrected chi connectivity index (χ4v) is 1.87. The smallest absolute Gasteiger partial charge is 0.326 e. The maximum atomic E-state index is 11.5. The highest BCUT2D eigenvalue weighted by Gasteiger charge is 2.23. The molecule has 0 saturated carbocycles. The van der Waals surface area contributed by atoms with Gasteiger partial charge in [-0.3, -0.25) is 10.1 Å². The van der Waals surface area contributed by atoms with Gasteiger partial charge in [-0.05, 0) is 37.6 Å². The Morgan fingerprint density at radius 2 is 2.04 bits per heavy atom. The zero-order valence-corrected chi connectivity index (χ0v) is 12.5. The van der Waals surface area contributed by atoms with E-state index in [1.165, 1.54) is 19.1 Å². The number of benzene rings is 1. The zero-order chi connectivity index (χ0) is 17.0. The quantitative estimate of drug-likeness (QED) is 0.553. The molecular weight excluding hydrogens is 304 g/mol. The first-order valence-electron chi connectivity index (χ1n) is 6.89. The topological polar surface area (TPSA) is 117 Å². The number of aliphatic carboxylic acids is 1. The van der Waals surface area contributed by atoms with Crippen LogP contribution in [0.25, 0.3) is 6.08 Å². The van der Waals surface area contributed by atoms with Crippen LogP contribution in [0, 0.1) is 0 Å². The van der Waals surface area contributed by atoms with Crippen LogP contribution in [0.4, 0.5) is 4.79 Å². The summed E-state index contributed by atoms with van der Waals surface area (Å²) >= 11 is 0. The lowest BCUT2D eigenvalue weighted by Gasteiger charge is -2.18. The van der Waals surface area contributed by atoms with Gasteiger partial charge in [-0.25, -0.2) is 4.79 Å². The summed E-state index contributed by atoms with van der Waals surface area (Å²) in [6.45, 7) is 3.45. The van der Waals surface area contributed by atoms with Crippen LogP contribution in [0.1, 0.15) is 19.4 Å². The Balaban J connectivity index is 2.28. The van der Waals surface area contributed by atoms with E-state index in [0.717, 1.165) is 0 Å². The van der Waals surface area contributed by atoms with Crippen LogP contribution in [-0.4, -0.2) is 30.6 Å². The first-order chi connectivity index (χ1) is 10.9. The molecule has 0 unspecified atom stereocenters. The Kier molecular flexibility index (Phi) is 4.85. The average Bonchev–Trinajstić information content (AvgIpc) is 2.79. The molecule has 1 atom stereocenters. The largest absolute Gasteiger partial charge is 0.546 e. The Bertz CT molecular complexity index is 683. The van der Waals surface area contributed by atoms with E-state index >= 15 is 0 Å². The Labute approximate surface area is 132 Å². The van der Waals surface area contributed by atoms with Gasteiger partial charge >= 0.3 is 6.03 Å². The van der Waals surface area contributed by atoms with Crippen LogP contribution < -0.4 is 25.2 Å². The molecule has 8 nitrogen and oxygen atoms in total. The Morgan fingerprint density at radius 3 is 2.61 bits per heavy atom. The van der Waals surface area contributed by atoms with Crippen molar-refractivity contribution in [2.24, 2.45) is 0 Å². The average molecular weight is 319 g/mol. The number of carboxylic acid groups (broad SMARTS) is 1. The van der Waals surface area contributed by atoms with E-state index in [0.29, 0.717) is 17.9 Å². The number of nitrogens with one attached hydrogen (secondary N) is 2. The number of hydrogen-bond donors (Lipinski definition) is 2. The molecule has 0 bridgehead atoms. The molecule has 2 N–H and O–H groups in total. The minimum absolute atomic E-state index is 0.106. The van der Waals surface area contributed by atoms with Crippen LogP contribution in [0.2, 0.25) is 0 Å². The fourth-order valence-electron chi connectivity index (χ4n) is 1.87. The van der Waals surface area contributed by atoms with Crippen LogP contribution in [0.15, 0.2) is 23.9 Å². The second-order valence-corrected chi connectivity index (χ2v) is 4.68. The highest BCUT2D eigenvalue weighted by atomic mass is 16.5. The molecule has 122 valence electrons. The van der Waals surface area contributed by atoms with Crippen molar-refractivity contribution >= 4 is 24.0 Å². The molecular formula is C15H15N2O6-. The van der Waals surface area contributed by atoms with E-state index in [9.17, 15) is 19.5 Å². The van der Waals surface area contributed by atoms with Crippen LogP contribution in [0.5, 0.6) is 11.5 Å². The standard InChI is InChI=1S/C15H16N2O6/c1-3-22-12-7-9(6-10-13(18)17-15(21)16-10)4-5-11(12)23-8(2)14(19)20/h4-8H,3H2,1-2H3,(H,19,20)(H2,16,17,18,21)/p-1/b10-6-/t8-/m0/s1. The Hall–Kier alpha value is -3.03. The van der Waals surface area contributed by atoms with Gasteiger partial charge < -0.3 is 24.7 Å². The first kappa shape index (κ1) is 16.3. The minimum Gasteiger partial charge on any atom is -0.546 e. The van der Waals surface area contributed by atoms with Crippen molar-refractivity contribution in [2.75, 3.05) is 6.61 Å². The Morgan fingerprint density at radius 1 is 1.30 bits per heavy atom. The first-order valence-corrected chi connectivity index (χ1v) is 6.89. The number of imide groups is 1. The van der Waals surface area contributed by atoms with Crippen molar-refractivity contribution in [3.05, 3.63) is 29.5 Å². The van der Waals surface area contributed by atoms with Gasteiger partial charge in [0.05, 0.1) is 12.6 Å². The molecule has 1 heterocycles. The number of hydrogen-bond acceptors (Lipinski definition) is 6. The van der Waals surface area contributed by atoms with E-state index in [-0.39, 0.29) is 11.4 Å². The molecule has 1 aromatic rings. The van der Waals surface area contributed by atoms with Crippen molar-refractivity contribution in [3.8, 4) is 11.5 Å². The summed E-state index contributed by atoms with van der Waals surface area (Å²) in [6, 6.07) is 4.11. The maximum Gasteiger partial charge on any atom is 0.326 e. The molecule has 1 aliphatic rings. The number of ether oxygens (including phenoxy) is 2. The third kappa shape index (κ3) is 4.00. The zero-order valence-electron chi connectivity index (χ0n) is 12.5. The normalized spacial score (nSPS) is 16.7. The summed E-state index contributed by atoms with van der Waals surface area (Å²) in [4.78, 5) is 33.3. The van der Waals surface area contributed by atoms with Crippen molar-refractivity contribution in [1.29, 1.82) is 0 Å². The summed E-state index contributed by atoms with van der Waals surface area (Å²) in [6.07, 6.45) is 0.327. The minimum atomic E-state index is -1.34. The van der Waals surface area contributed by atoms with Gasteiger partial charge in [0.25, 0.3) is 5.91 Å². The van der Waals surface area contributed by atoms with Crippen LogP contribution in [0.3, 0.4) is 0 Å². The molecule has 23 heavy (non-hydrogen) atoms. The van der Waals surface area contributed by atoms with Crippen molar-refractivity contribution in [2.45, 2.75) is 20.0 Å². The number of carboxylic acids is 1. The van der Waals surface area contributed by atoms with E-state index in [4.69, 9.17) is 9.47 Å². The molecule has 0 aromatic heterocycles. The number of urea groups is 1. The molecule has 0 aliphatic carbocycles. The molecule has 3 amide bonds. The van der Waals surface area contributed by atoms with Gasteiger partial charge in [0.1, 0.15) is 11.8 Å². The summed E-state index contributed by atoms with van der Waals surface area (Å²) in [5.74, 6) is -1.31. The van der Waals surface area contributed by atoms with E-state index in [2.05, 4.69) is 10.6 Å². The van der Waals surface area contributed by atoms with E-state index in [1.54, 1.807) is 19.1 Å². The van der Waals surface area contributed by atoms with Crippen molar-refractivity contribution < 1.29 is 29.0 Å². The fraction of sp³-hybridized carbons (Fsp3) is 0.267. The molecule has 1 aliphatic heterocycles. The summed E-state index contributed by atoms with van der Waals surface area (Å²) in [7, 11) is 0. The van der Waals surface area contributed by atoms with Gasteiger partial charge in [0.2, 0.25) is 0 Å². The van der Waals surface area contributed by atoms with E-state index in [1.807, 2.05) is 0 Å². The lowest BCUT2D eigenvalue weighted by Crippen LogP contribution is -2.37. The van der Waals surface area contributed by atoms with Gasteiger partial charge in [-0.2, -0.15) is 0 Å². The number of rotatable bonds is 6. The number of carbonyl (C=O) groups is 3. The van der Waals surface area contributed by atoms with Crippen molar-refractivity contribution in [1.82, 2.24) is 10.6 Å². The summed E-state index contributed by atoms with van der Waals surface area (Å²) < 4.78 is 10.7. The lowest BCUT2D eigenvalue weighted by atomic mass is 10.1. The van der Waals surface area contributed by atoms with Gasteiger partial charge in [0, 0.05) is 0 Å². The molecule has 1 fully saturated rings. The van der Waals surface area contributed by atoms with Crippen molar-refractivity contribution in [3.63, 3.8) is 0 Å². The second-order valence-electron chi connectivity index (χ2n) is 4.68. The highest BCUT2D eigenvalue weighted by Crippen LogP contribution is 2.30. The molecule has 0 radical (unpaired) electrons. The van der Waals surface area contributed by atoms with Crippen LogP contribution in [-0.2, 0) is 9.59 Å². The van der Waals surface area contributed by atoms with E-state index < -0.39 is 24.0 Å². The predicted octanol–water partition coefficient (Wildman–Crippen LogP) is -0.217. The molecule has 2 rings (SSSR count). The monoisotopic (exact) mass is 319 g/mol. The third-order valence-corrected chi connectivity index (χ3v) is 2.93. The molecule has 0 spiro atoms. The summed E-state index contributed by atoms with van der Waals surface area (Å²) in [5.41, 5.74) is 0.684. The highest BCUT2D eigenvalue weighted by molar-refractivity contribution is 6.14. The number of amides is 3. The van der Waals surface area contributed by atoms with Gasteiger partial charge in [-0.1, -0.05) is 6.07 Å². The van der Waals surface area contributed by atoms with Crippen LogP contribution >= 0.6 is 0 Å². The number of carbonyl (C=O) groups excluding carboxylic acids is 3. The molecule has 1 saturated heterocycles. The maximum absolute atomic E-state index is 11.5. The van der Waals surface area contributed by atoms with Gasteiger partial charge in [0.15, 0.2) is 11.5 Å². The summed E-state index contributed by atoms with van der Waals surface area (Å²) in [5, 5.41) is 15.2. The molecule has 8 heteroatoms. The predicted molar refractivity (Wildman–Crippen MR) is 77.4 cm³/mol. The molecule has 1 aromatic carbocycles. The third-order valence-electron chi connectivity index (χ3n) is 2.93. The van der Waals surface area contributed by atoms with Gasteiger partial charge in [-0.15, -0.1) is 0 Å².